The van der Waals surface area contributed by atoms with E-state index in [1.54, 1.807) is 26.8 Å². The number of hydrogen-bond donors (Lipinski definition) is 3. The Kier molecular flexibility index (Phi) is 6.71. The van der Waals surface area contributed by atoms with Crippen molar-refractivity contribution in [3.63, 3.8) is 0 Å². The lowest BCUT2D eigenvalue weighted by Crippen LogP contribution is -2.28. The molecule has 154 valence electrons. The highest BCUT2D eigenvalue weighted by Crippen LogP contribution is 2.25. The van der Waals surface area contributed by atoms with Crippen LogP contribution >= 0.6 is 0 Å². The number of amides is 2. The molecule has 0 saturated carbocycles. The SMILES string of the molecule is CC(C)(C)OC(=O)Nc1ccc(F)cc1NC(=O)CNc1ccccc1[N+](=O)[O-]. The molecule has 0 bridgehead atoms. The maximum Gasteiger partial charge on any atom is 0.412 e. The van der Waals surface area contributed by atoms with Gasteiger partial charge in [0.25, 0.3) is 5.69 Å². The first-order valence-electron chi connectivity index (χ1n) is 8.62. The number of nitro benzene ring substituents is 1. The second-order valence-electron chi connectivity index (χ2n) is 6.99. The minimum atomic E-state index is -0.766. The summed E-state index contributed by atoms with van der Waals surface area (Å²) in [5, 5.41) is 18.6. The highest BCUT2D eigenvalue weighted by Gasteiger charge is 2.18. The third-order valence-electron chi connectivity index (χ3n) is 3.43. The van der Waals surface area contributed by atoms with Crippen LogP contribution in [0.25, 0.3) is 0 Å². The fraction of sp³-hybridized carbons (Fsp3) is 0.263. The number of anilines is 3. The molecule has 0 saturated heterocycles. The minimum absolute atomic E-state index is 0.0187. The van der Waals surface area contributed by atoms with Gasteiger partial charge in [-0.15, -0.1) is 0 Å². The van der Waals surface area contributed by atoms with Gasteiger partial charge in [0.05, 0.1) is 22.8 Å². The molecule has 0 radical (unpaired) electrons. The topological polar surface area (TPSA) is 123 Å². The van der Waals surface area contributed by atoms with Gasteiger partial charge in [-0.05, 0) is 45.0 Å². The molecule has 0 spiro atoms. The van der Waals surface area contributed by atoms with E-state index in [0.717, 1.165) is 12.1 Å². The van der Waals surface area contributed by atoms with Crippen LogP contribution in [0.2, 0.25) is 0 Å². The smallest absolute Gasteiger partial charge is 0.412 e. The number of para-hydroxylation sites is 2. The monoisotopic (exact) mass is 404 g/mol. The number of carbonyl (C=O) groups is 2. The number of nitrogens with one attached hydrogen (secondary N) is 3. The highest BCUT2D eigenvalue weighted by molar-refractivity contribution is 5.99. The normalized spacial score (nSPS) is 10.8. The van der Waals surface area contributed by atoms with Crippen LogP contribution in [-0.4, -0.2) is 29.1 Å². The molecule has 29 heavy (non-hydrogen) atoms. The Morgan fingerprint density at radius 1 is 1.07 bits per heavy atom. The van der Waals surface area contributed by atoms with Gasteiger partial charge in [0, 0.05) is 6.07 Å². The van der Waals surface area contributed by atoms with Gasteiger partial charge >= 0.3 is 6.09 Å². The zero-order valence-electron chi connectivity index (χ0n) is 16.1. The molecular weight excluding hydrogens is 383 g/mol. The van der Waals surface area contributed by atoms with E-state index < -0.39 is 28.3 Å². The van der Waals surface area contributed by atoms with Crippen LogP contribution in [-0.2, 0) is 9.53 Å². The summed E-state index contributed by atoms with van der Waals surface area (Å²) >= 11 is 0. The number of carbonyl (C=O) groups excluding carboxylic acids is 2. The molecule has 0 atom stereocenters. The quantitative estimate of drug-likeness (QED) is 0.491. The van der Waals surface area contributed by atoms with E-state index in [1.165, 1.54) is 24.3 Å². The summed E-state index contributed by atoms with van der Waals surface area (Å²) in [6.45, 7) is 4.75. The Labute approximate surface area is 166 Å². The van der Waals surface area contributed by atoms with Crippen LogP contribution < -0.4 is 16.0 Å². The number of hydrogen-bond acceptors (Lipinski definition) is 6. The standard InChI is InChI=1S/C19H21FN4O5/c1-19(2,3)29-18(26)23-13-9-8-12(20)10-15(13)22-17(25)11-21-14-6-4-5-7-16(14)24(27)28/h4-10,21H,11H2,1-3H3,(H,22,25)(H,23,26). The Hall–Kier alpha value is -3.69. The van der Waals surface area contributed by atoms with Gasteiger partial charge < -0.3 is 15.4 Å². The first kappa shape index (κ1) is 21.6. The van der Waals surface area contributed by atoms with Gasteiger partial charge in [0.15, 0.2) is 0 Å². The number of rotatable bonds is 6. The molecule has 0 aliphatic heterocycles. The summed E-state index contributed by atoms with van der Waals surface area (Å²) in [4.78, 5) is 34.6. The second-order valence-corrected chi connectivity index (χ2v) is 6.99. The van der Waals surface area contributed by atoms with Gasteiger partial charge in [0.1, 0.15) is 17.1 Å². The molecule has 0 aliphatic rings. The summed E-state index contributed by atoms with van der Waals surface area (Å²) in [6, 6.07) is 9.29. The van der Waals surface area contributed by atoms with Crippen molar-refractivity contribution in [1.82, 2.24) is 0 Å². The highest BCUT2D eigenvalue weighted by atomic mass is 19.1. The molecule has 10 heteroatoms. The van der Waals surface area contributed by atoms with Crippen molar-refractivity contribution in [3.05, 3.63) is 58.4 Å². The van der Waals surface area contributed by atoms with Crippen molar-refractivity contribution in [2.45, 2.75) is 26.4 Å². The lowest BCUT2D eigenvalue weighted by atomic mass is 10.2. The molecule has 3 N–H and O–H groups in total. The van der Waals surface area contributed by atoms with E-state index in [9.17, 15) is 24.1 Å². The van der Waals surface area contributed by atoms with E-state index in [0.29, 0.717) is 0 Å². The lowest BCUT2D eigenvalue weighted by molar-refractivity contribution is -0.383. The van der Waals surface area contributed by atoms with Crippen molar-refractivity contribution < 1.29 is 23.6 Å². The number of nitrogens with zero attached hydrogens (tertiary/aromatic N) is 1. The molecular formula is C19H21FN4O5. The van der Waals surface area contributed by atoms with Crippen molar-refractivity contribution in [2.24, 2.45) is 0 Å². The predicted molar refractivity (Wildman–Crippen MR) is 106 cm³/mol. The van der Waals surface area contributed by atoms with Crippen LogP contribution in [0.5, 0.6) is 0 Å². The molecule has 0 aliphatic carbocycles. The first-order chi connectivity index (χ1) is 13.5. The van der Waals surface area contributed by atoms with E-state index in [-0.39, 0.29) is 29.3 Å². The molecule has 0 fully saturated rings. The van der Waals surface area contributed by atoms with Gasteiger partial charge in [-0.2, -0.15) is 0 Å². The average molecular weight is 404 g/mol. The second kappa shape index (κ2) is 9.00. The third-order valence-corrected chi connectivity index (χ3v) is 3.43. The van der Waals surface area contributed by atoms with E-state index in [4.69, 9.17) is 4.74 Å². The zero-order valence-corrected chi connectivity index (χ0v) is 16.1. The van der Waals surface area contributed by atoms with Gasteiger partial charge in [-0.1, -0.05) is 12.1 Å². The molecule has 0 heterocycles. The molecule has 2 aromatic carbocycles. The van der Waals surface area contributed by atoms with Crippen molar-refractivity contribution >= 4 is 34.7 Å². The Morgan fingerprint density at radius 2 is 1.76 bits per heavy atom. The van der Waals surface area contributed by atoms with E-state index in [2.05, 4.69) is 16.0 Å². The Bertz CT molecular complexity index is 927. The van der Waals surface area contributed by atoms with Crippen molar-refractivity contribution in [3.8, 4) is 0 Å². The van der Waals surface area contributed by atoms with Gasteiger partial charge in [0.2, 0.25) is 5.91 Å². The maximum absolute atomic E-state index is 13.6. The maximum atomic E-state index is 13.6. The summed E-state index contributed by atoms with van der Waals surface area (Å²) in [7, 11) is 0. The van der Waals surface area contributed by atoms with E-state index >= 15 is 0 Å². The fourth-order valence-electron chi connectivity index (χ4n) is 2.29. The molecule has 2 aromatic rings. The van der Waals surface area contributed by atoms with Gasteiger partial charge in [-0.3, -0.25) is 20.2 Å². The summed E-state index contributed by atoms with van der Waals surface area (Å²) in [5.41, 5.74) is -0.593. The molecule has 0 unspecified atom stereocenters. The predicted octanol–water partition coefficient (Wildman–Crippen LogP) is 4.13. The largest absolute Gasteiger partial charge is 0.444 e. The summed E-state index contributed by atoms with van der Waals surface area (Å²) in [5.74, 6) is -1.22. The molecule has 2 amide bonds. The number of ether oxygens (including phenoxy) is 1. The molecule has 2 rings (SSSR count). The summed E-state index contributed by atoms with van der Waals surface area (Å²) < 4.78 is 18.8. The van der Waals surface area contributed by atoms with Crippen molar-refractivity contribution in [1.29, 1.82) is 0 Å². The van der Waals surface area contributed by atoms with Crippen molar-refractivity contribution in [2.75, 3.05) is 22.5 Å². The molecule has 9 nitrogen and oxygen atoms in total. The number of halogens is 1. The molecule has 0 aromatic heterocycles. The number of benzene rings is 2. The Morgan fingerprint density at radius 3 is 2.41 bits per heavy atom. The lowest BCUT2D eigenvalue weighted by Gasteiger charge is -2.20. The average Bonchev–Trinajstić information content (AvgIpc) is 2.61. The number of nitro groups is 1. The zero-order chi connectivity index (χ0) is 21.6. The first-order valence-corrected chi connectivity index (χ1v) is 8.62. The Balaban J connectivity index is 2.07. The van der Waals surface area contributed by atoms with Crippen LogP contribution in [0.4, 0.5) is 31.9 Å². The van der Waals surface area contributed by atoms with E-state index in [1.807, 2.05) is 0 Å². The third kappa shape index (κ3) is 6.76. The van der Waals surface area contributed by atoms with Crippen LogP contribution in [0.1, 0.15) is 20.8 Å². The minimum Gasteiger partial charge on any atom is -0.444 e. The van der Waals surface area contributed by atoms with Gasteiger partial charge in [-0.25, -0.2) is 9.18 Å². The fourth-order valence-corrected chi connectivity index (χ4v) is 2.29. The van der Waals surface area contributed by atoms with Crippen LogP contribution in [0, 0.1) is 15.9 Å². The summed E-state index contributed by atoms with van der Waals surface area (Å²) in [6.07, 6.45) is -0.766. The van der Waals surface area contributed by atoms with Crippen LogP contribution in [0.15, 0.2) is 42.5 Å². The van der Waals surface area contributed by atoms with Crippen LogP contribution in [0.3, 0.4) is 0 Å².